The molecule has 0 aromatic rings. The van der Waals surface area contributed by atoms with E-state index in [1.165, 1.54) is 25.9 Å². The molecule has 70 valence electrons. The highest BCUT2D eigenvalue weighted by atomic mass is 16.5. The van der Waals surface area contributed by atoms with Gasteiger partial charge >= 0.3 is 0 Å². The molecule has 0 radical (unpaired) electrons. The van der Waals surface area contributed by atoms with Crippen LogP contribution in [0.5, 0.6) is 0 Å². The van der Waals surface area contributed by atoms with Gasteiger partial charge in [0.1, 0.15) is 0 Å². The summed E-state index contributed by atoms with van der Waals surface area (Å²) in [6.07, 6.45) is 3.27. The summed E-state index contributed by atoms with van der Waals surface area (Å²) in [6, 6.07) is 0. The molecule has 0 aromatic carbocycles. The van der Waals surface area contributed by atoms with Gasteiger partial charge < -0.3 is 15.0 Å². The lowest BCUT2D eigenvalue weighted by atomic mass is 10.2. The topological polar surface area (TPSA) is 24.5 Å². The molecule has 3 nitrogen and oxygen atoms in total. The molecule has 0 bridgehead atoms. The molecule has 2 aliphatic rings. The highest BCUT2D eigenvalue weighted by molar-refractivity contribution is 4.75. The van der Waals surface area contributed by atoms with Crippen LogP contribution in [0.2, 0.25) is 0 Å². The fourth-order valence-electron chi connectivity index (χ4n) is 1.73. The summed E-state index contributed by atoms with van der Waals surface area (Å²) in [5.41, 5.74) is 0. The van der Waals surface area contributed by atoms with Crippen molar-refractivity contribution in [3.63, 3.8) is 0 Å². The van der Waals surface area contributed by atoms with Crippen molar-refractivity contribution in [2.24, 2.45) is 0 Å². The quantitative estimate of drug-likeness (QED) is 0.646. The molecule has 0 spiro atoms. The van der Waals surface area contributed by atoms with E-state index < -0.39 is 0 Å². The van der Waals surface area contributed by atoms with Gasteiger partial charge in [-0.1, -0.05) is 0 Å². The van der Waals surface area contributed by atoms with Crippen LogP contribution in [-0.2, 0) is 4.74 Å². The van der Waals surface area contributed by atoms with Crippen LogP contribution in [0, 0.1) is 0 Å². The third-order valence-corrected chi connectivity index (χ3v) is 2.70. The molecular formula is C9H18N2O. The number of ether oxygens (including phenoxy) is 1. The summed E-state index contributed by atoms with van der Waals surface area (Å²) >= 11 is 0. The van der Waals surface area contributed by atoms with Gasteiger partial charge in [0.2, 0.25) is 0 Å². The average molecular weight is 170 g/mol. The Kier molecular flexibility index (Phi) is 2.98. The molecule has 3 heteroatoms. The van der Waals surface area contributed by atoms with Gasteiger partial charge in [-0.25, -0.2) is 0 Å². The predicted molar refractivity (Wildman–Crippen MR) is 48.3 cm³/mol. The summed E-state index contributed by atoms with van der Waals surface area (Å²) < 4.78 is 5.64. The minimum atomic E-state index is 0.507. The molecule has 2 aliphatic heterocycles. The Morgan fingerprint density at radius 3 is 2.58 bits per heavy atom. The van der Waals surface area contributed by atoms with Crippen LogP contribution in [0.4, 0.5) is 0 Å². The molecule has 2 saturated heterocycles. The van der Waals surface area contributed by atoms with Crippen molar-refractivity contribution in [2.45, 2.75) is 18.9 Å². The van der Waals surface area contributed by atoms with Crippen LogP contribution in [-0.4, -0.2) is 50.3 Å². The molecule has 0 aliphatic carbocycles. The zero-order valence-corrected chi connectivity index (χ0v) is 7.59. The first-order chi connectivity index (χ1) is 5.95. The van der Waals surface area contributed by atoms with E-state index in [1.807, 2.05) is 0 Å². The molecule has 0 unspecified atom stereocenters. The minimum Gasteiger partial charge on any atom is -0.374 e. The van der Waals surface area contributed by atoms with E-state index in [2.05, 4.69) is 10.2 Å². The Labute approximate surface area is 74.1 Å². The second-order valence-electron chi connectivity index (χ2n) is 3.70. The van der Waals surface area contributed by atoms with Crippen molar-refractivity contribution in [3.8, 4) is 0 Å². The van der Waals surface area contributed by atoms with Crippen molar-refractivity contribution in [3.05, 3.63) is 0 Å². The van der Waals surface area contributed by atoms with E-state index in [9.17, 15) is 0 Å². The molecule has 2 fully saturated rings. The van der Waals surface area contributed by atoms with E-state index in [-0.39, 0.29) is 0 Å². The lowest BCUT2D eigenvalue weighted by Gasteiger charge is -2.28. The number of hydrogen-bond donors (Lipinski definition) is 1. The summed E-state index contributed by atoms with van der Waals surface area (Å²) in [7, 11) is 0. The van der Waals surface area contributed by atoms with E-state index in [4.69, 9.17) is 4.74 Å². The first kappa shape index (κ1) is 8.48. The first-order valence-corrected chi connectivity index (χ1v) is 5.00. The van der Waals surface area contributed by atoms with Crippen LogP contribution in [0.3, 0.4) is 0 Å². The standard InChI is InChI=1S/C9H18N2O/c1-2-4-11(3-1)5-6-12-9-7-10-8-9/h9-10H,1-8H2. The van der Waals surface area contributed by atoms with Gasteiger partial charge in [-0.15, -0.1) is 0 Å². The van der Waals surface area contributed by atoms with Gasteiger partial charge in [-0.3, -0.25) is 0 Å². The Balaban J connectivity index is 1.49. The first-order valence-electron chi connectivity index (χ1n) is 5.00. The molecule has 2 rings (SSSR count). The third-order valence-electron chi connectivity index (χ3n) is 2.70. The van der Waals surface area contributed by atoms with E-state index in [1.54, 1.807) is 0 Å². The maximum Gasteiger partial charge on any atom is 0.0824 e. The van der Waals surface area contributed by atoms with Crippen molar-refractivity contribution in [2.75, 3.05) is 39.3 Å². The molecule has 0 amide bonds. The highest BCUT2D eigenvalue weighted by Crippen LogP contribution is 2.06. The fraction of sp³-hybridized carbons (Fsp3) is 1.00. The van der Waals surface area contributed by atoms with Crippen LogP contribution in [0.15, 0.2) is 0 Å². The molecule has 2 heterocycles. The van der Waals surface area contributed by atoms with Crippen molar-refractivity contribution in [1.29, 1.82) is 0 Å². The van der Waals surface area contributed by atoms with E-state index in [0.29, 0.717) is 6.10 Å². The largest absolute Gasteiger partial charge is 0.374 e. The van der Waals surface area contributed by atoms with E-state index >= 15 is 0 Å². The van der Waals surface area contributed by atoms with E-state index in [0.717, 1.165) is 26.2 Å². The Morgan fingerprint density at radius 2 is 2.00 bits per heavy atom. The number of likely N-dealkylation sites (tertiary alicyclic amines) is 1. The number of hydrogen-bond acceptors (Lipinski definition) is 3. The monoisotopic (exact) mass is 170 g/mol. The van der Waals surface area contributed by atoms with Crippen LogP contribution < -0.4 is 5.32 Å². The van der Waals surface area contributed by atoms with Crippen LogP contribution in [0.1, 0.15) is 12.8 Å². The smallest absolute Gasteiger partial charge is 0.0824 e. The third kappa shape index (κ3) is 2.19. The van der Waals surface area contributed by atoms with Crippen LogP contribution in [0.25, 0.3) is 0 Å². The lowest BCUT2D eigenvalue weighted by molar-refractivity contribution is 0.0101. The summed E-state index contributed by atoms with van der Waals surface area (Å²) in [5, 5.41) is 3.20. The fourth-order valence-corrected chi connectivity index (χ4v) is 1.73. The second-order valence-corrected chi connectivity index (χ2v) is 3.70. The zero-order valence-electron chi connectivity index (χ0n) is 7.59. The Morgan fingerprint density at radius 1 is 1.25 bits per heavy atom. The van der Waals surface area contributed by atoms with Gasteiger partial charge in [0.05, 0.1) is 12.7 Å². The average Bonchev–Trinajstić information content (AvgIpc) is 2.46. The minimum absolute atomic E-state index is 0.507. The Hall–Kier alpha value is -0.120. The molecule has 1 N–H and O–H groups in total. The number of rotatable bonds is 4. The van der Waals surface area contributed by atoms with Crippen molar-refractivity contribution >= 4 is 0 Å². The zero-order chi connectivity index (χ0) is 8.23. The van der Waals surface area contributed by atoms with Gasteiger partial charge in [-0.05, 0) is 25.9 Å². The maximum absolute atomic E-state index is 5.64. The molecule has 12 heavy (non-hydrogen) atoms. The van der Waals surface area contributed by atoms with Crippen molar-refractivity contribution < 1.29 is 4.74 Å². The summed E-state index contributed by atoms with van der Waals surface area (Å²) in [6.45, 7) is 6.74. The number of nitrogens with one attached hydrogen (secondary N) is 1. The normalized spacial score (nSPS) is 26.0. The van der Waals surface area contributed by atoms with Crippen LogP contribution >= 0.6 is 0 Å². The predicted octanol–water partition coefficient (Wildman–Crippen LogP) is 0.0706. The Bertz CT molecular complexity index is 130. The summed E-state index contributed by atoms with van der Waals surface area (Å²) in [4.78, 5) is 2.49. The van der Waals surface area contributed by atoms with Gasteiger partial charge in [0.25, 0.3) is 0 Å². The van der Waals surface area contributed by atoms with Crippen molar-refractivity contribution in [1.82, 2.24) is 10.2 Å². The SMILES string of the molecule is C1CCN(CCOC2CNC2)C1. The van der Waals surface area contributed by atoms with Gasteiger partial charge in [0.15, 0.2) is 0 Å². The molecule has 0 saturated carbocycles. The second kappa shape index (κ2) is 4.21. The maximum atomic E-state index is 5.64. The number of nitrogens with zero attached hydrogens (tertiary/aromatic N) is 1. The highest BCUT2D eigenvalue weighted by Gasteiger charge is 2.17. The molecule has 0 atom stereocenters. The van der Waals surface area contributed by atoms with Gasteiger partial charge in [0, 0.05) is 19.6 Å². The molecular weight excluding hydrogens is 152 g/mol. The van der Waals surface area contributed by atoms with Gasteiger partial charge in [-0.2, -0.15) is 0 Å². The summed E-state index contributed by atoms with van der Waals surface area (Å²) in [5.74, 6) is 0. The lowest BCUT2D eigenvalue weighted by Crippen LogP contribution is -2.49. The molecule has 0 aromatic heterocycles.